The van der Waals surface area contributed by atoms with Crippen molar-refractivity contribution < 1.29 is 20.3 Å². The van der Waals surface area contributed by atoms with E-state index in [0.29, 0.717) is 0 Å². The van der Waals surface area contributed by atoms with Crippen LogP contribution in [0.25, 0.3) is 0 Å². The average molecular weight is 254 g/mol. The quantitative estimate of drug-likeness (QED) is 0.449. The van der Waals surface area contributed by atoms with Gasteiger partial charge in [0.25, 0.3) is 0 Å². The van der Waals surface area contributed by atoms with E-state index < -0.39 is 0 Å². The Labute approximate surface area is 124 Å². The minimum atomic E-state index is -0.227. The molecule has 0 fully saturated rings. The topological polar surface area (TPSA) is 0 Å². The van der Waals surface area contributed by atoms with Crippen LogP contribution >= 0.6 is 20.6 Å². The molecular weight excluding hydrogens is 238 g/mol. The third-order valence-electron chi connectivity index (χ3n) is 2.46. The fourth-order valence-electron chi connectivity index (χ4n) is 1.72. The van der Waals surface area contributed by atoms with Crippen LogP contribution in [0.4, 0.5) is 0 Å². The van der Waals surface area contributed by atoms with E-state index in [2.05, 4.69) is 73.3 Å². The van der Waals surface area contributed by atoms with Gasteiger partial charge >= 0.3 is 18.9 Å². The van der Waals surface area contributed by atoms with Gasteiger partial charge in [0, 0.05) is 0 Å². The fourth-order valence-corrected chi connectivity index (χ4v) is 4.40. The second-order valence-electron chi connectivity index (χ2n) is 3.55. The second kappa shape index (κ2) is 8.01. The van der Waals surface area contributed by atoms with E-state index in [1.54, 1.807) is 0 Å². The van der Waals surface area contributed by atoms with Crippen LogP contribution in [0.2, 0.25) is 0 Å². The third kappa shape index (κ3) is 4.20. The average Bonchev–Trinajstić information content (AvgIpc) is 2.38. The largest absolute Gasteiger partial charge is 1.00 e. The van der Waals surface area contributed by atoms with Crippen LogP contribution in [0.5, 0.6) is 0 Å². The van der Waals surface area contributed by atoms with Gasteiger partial charge in [0.05, 0.1) is 0 Å². The molecule has 0 saturated heterocycles. The molecule has 3 heteroatoms. The van der Waals surface area contributed by atoms with Gasteiger partial charge < -0.3 is 1.43 Å². The Morgan fingerprint density at radius 1 is 0.824 bits per heavy atom. The van der Waals surface area contributed by atoms with Crippen LogP contribution in [0.1, 0.15) is 1.43 Å². The Morgan fingerprint density at radius 2 is 1.24 bits per heavy atom. The van der Waals surface area contributed by atoms with Crippen molar-refractivity contribution in [1.82, 2.24) is 0 Å². The van der Waals surface area contributed by atoms with Crippen LogP contribution < -0.4 is 29.5 Å². The summed E-state index contributed by atoms with van der Waals surface area (Å²) in [4.78, 5) is 0. The summed E-state index contributed by atoms with van der Waals surface area (Å²) in [5.41, 5.74) is 0. The summed E-state index contributed by atoms with van der Waals surface area (Å²) < 4.78 is 0. The molecular formula is C14H16LiPS. The molecule has 2 aromatic carbocycles. The van der Waals surface area contributed by atoms with Gasteiger partial charge in [-0.2, -0.15) is 12.6 Å². The number of rotatable bonds is 4. The minimum absolute atomic E-state index is 0. The molecule has 0 amide bonds. The Bertz CT molecular complexity index is 385. The van der Waals surface area contributed by atoms with E-state index in [0.717, 1.165) is 11.9 Å². The van der Waals surface area contributed by atoms with Gasteiger partial charge in [0.15, 0.2) is 0 Å². The van der Waals surface area contributed by atoms with Crippen LogP contribution in [0.3, 0.4) is 0 Å². The number of benzene rings is 2. The molecule has 0 aliphatic carbocycles. The molecule has 0 saturated carbocycles. The SMILES string of the molecule is SCCP(c1ccccc1)c1ccccc1.[H-].[Li+]. The summed E-state index contributed by atoms with van der Waals surface area (Å²) in [5.74, 6) is 0.940. The van der Waals surface area contributed by atoms with Crippen LogP contribution in [-0.2, 0) is 0 Å². The van der Waals surface area contributed by atoms with Crippen molar-refractivity contribution in [2.45, 2.75) is 0 Å². The first-order valence-corrected chi connectivity index (χ1v) is 7.56. The first-order valence-electron chi connectivity index (χ1n) is 5.40. The van der Waals surface area contributed by atoms with Gasteiger partial charge in [-0.25, -0.2) is 0 Å². The first-order chi connectivity index (χ1) is 7.92. The molecule has 0 bridgehead atoms. The standard InChI is InChI=1S/C14H15PS.Li.H/c16-12-11-15(13-7-3-1-4-8-13)14-9-5-2-6-10-14;;/h1-10,16H,11-12H2;;/q;+1;-1. The molecule has 0 N–H and O–H groups in total. The maximum Gasteiger partial charge on any atom is 1.00 e. The maximum absolute atomic E-state index is 4.38. The summed E-state index contributed by atoms with van der Waals surface area (Å²) in [5, 5.41) is 2.88. The molecule has 0 radical (unpaired) electrons. The van der Waals surface area contributed by atoms with Crippen molar-refractivity contribution in [3.05, 3.63) is 60.7 Å². The van der Waals surface area contributed by atoms with Crippen LogP contribution in [0, 0.1) is 0 Å². The second-order valence-corrected chi connectivity index (χ2v) is 6.33. The van der Waals surface area contributed by atoms with E-state index in [9.17, 15) is 0 Å². The zero-order valence-corrected chi connectivity index (χ0v) is 11.9. The fraction of sp³-hybridized carbons (Fsp3) is 0.143. The van der Waals surface area contributed by atoms with E-state index in [-0.39, 0.29) is 28.2 Å². The molecule has 17 heavy (non-hydrogen) atoms. The van der Waals surface area contributed by atoms with Gasteiger partial charge in [-0.15, -0.1) is 0 Å². The normalized spacial score (nSPS) is 10.0. The van der Waals surface area contributed by atoms with Gasteiger partial charge in [-0.1, -0.05) is 60.7 Å². The summed E-state index contributed by atoms with van der Waals surface area (Å²) >= 11 is 4.38. The van der Waals surface area contributed by atoms with E-state index >= 15 is 0 Å². The molecule has 0 aliphatic rings. The zero-order chi connectivity index (χ0) is 11.2. The number of hydrogen-bond acceptors (Lipinski definition) is 1. The van der Waals surface area contributed by atoms with Gasteiger partial charge in [-0.05, 0) is 30.4 Å². The van der Waals surface area contributed by atoms with E-state index in [1.807, 2.05) is 0 Å². The molecule has 2 aromatic rings. The molecule has 0 atom stereocenters. The Morgan fingerprint density at radius 3 is 1.59 bits per heavy atom. The molecule has 84 valence electrons. The molecule has 0 heterocycles. The number of hydrogen-bond donors (Lipinski definition) is 1. The van der Waals surface area contributed by atoms with Crippen molar-refractivity contribution in [1.29, 1.82) is 0 Å². The molecule has 0 unspecified atom stereocenters. The molecule has 0 spiro atoms. The Balaban J connectivity index is 0.00000144. The minimum Gasteiger partial charge on any atom is -1.00 e. The Kier molecular flexibility index (Phi) is 7.01. The maximum atomic E-state index is 4.38. The van der Waals surface area contributed by atoms with Gasteiger partial charge in [-0.3, -0.25) is 0 Å². The summed E-state index contributed by atoms with van der Waals surface area (Å²) in [6.07, 6.45) is 1.15. The summed E-state index contributed by atoms with van der Waals surface area (Å²) in [7, 11) is -0.227. The number of thiol groups is 1. The van der Waals surface area contributed by atoms with E-state index in [4.69, 9.17) is 0 Å². The first kappa shape index (κ1) is 14.9. The van der Waals surface area contributed by atoms with E-state index in [1.165, 1.54) is 10.6 Å². The van der Waals surface area contributed by atoms with Crippen molar-refractivity contribution in [3.8, 4) is 0 Å². The summed E-state index contributed by atoms with van der Waals surface area (Å²) in [6.45, 7) is 0. The molecule has 0 aromatic heterocycles. The molecule has 0 nitrogen and oxygen atoms in total. The predicted molar refractivity (Wildman–Crippen MR) is 78.9 cm³/mol. The van der Waals surface area contributed by atoms with Crippen LogP contribution in [-0.4, -0.2) is 11.9 Å². The van der Waals surface area contributed by atoms with Gasteiger partial charge in [0.1, 0.15) is 0 Å². The van der Waals surface area contributed by atoms with Crippen molar-refractivity contribution in [2.24, 2.45) is 0 Å². The van der Waals surface area contributed by atoms with Crippen molar-refractivity contribution in [3.63, 3.8) is 0 Å². The predicted octanol–water partition coefficient (Wildman–Crippen LogP) is 0.166. The van der Waals surface area contributed by atoms with Crippen molar-refractivity contribution >= 4 is 31.2 Å². The Hall–Kier alpha value is -0.183. The summed E-state index contributed by atoms with van der Waals surface area (Å²) in [6, 6.07) is 21.5. The van der Waals surface area contributed by atoms with Crippen LogP contribution in [0.15, 0.2) is 60.7 Å². The zero-order valence-electron chi connectivity index (χ0n) is 11.1. The smallest absolute Gasteiger partial charge is 1.00 e. The molecule has 2 rings (SSSR count). The third-order valence-corrected chi connectivity index (χ3v) is 5.55. The monoisotopic (exact) mass is 254 g/mol. The van der Waals surface area contributed by atoms with Crippen molar-refractivity contribution in [2.75, 3.05) is 11.9 Å². The molecule has 0 aliphatic heterocycles. The van der Waals surface area contributed by atoms with Gasteiger partial charge in [0.2, 0.25) is 0 Å².